The number of aryl methyl sites for hydroxylation is 1. The molecule has 2 rings (SSSR count). The maximum Gasteiger partial charge on any atom is 0.161 e. The van der Waals surface area contributed by atoms with Crippen molar-refractivity contribution in [3.63, 3.8) is 0 Å². The summed E-state index contributed by atoms with van der Waals surface area (Å²) in [6.45, 7) is 2.89. The van der Waals surface area contributed by atoms with Crippen LogP contribution in [0.25, 0.3) is 0 Å². The number of ether oxygens (including phenoxy) is 2. The lowest BCUT2D eigenvalue weighted by molar-refractivity contribution is 0.280. The van der Waals surface area contributed by atoms with Crippen molar-refractivity contribution >= 4 is 0 Å². The Kier molecular flexibility index (Phi) is 2.62. The van der Waals surface area contributed by atoms with Gasteiger partial charge in [0.1, 0.15) is 0 Å². The second-order valence-corrected chi connectivity index (χ2v) is 3.91. The lowest BCUT2D eigenvalue weighted by Crippen LogP contribution is -2.00. The zero-order chi connectivity index (χ0) is 9.97. The van der Waals surface area contributed by atoms with Gasteiger partial charge >= 0.3 is 0 Å². The molecule has 0 heterocycles. The van der Waals surface area contributed by atoms with Crippen molar-refractivity contribution in [2.75, 3.05) is 13.7 Å². The number of rotatable bonds is 4. The third-order valence-corrected chi connectivity index (χ3v) is 2.49. The Hall–Kier alpha value is -1.18. The predicted molar refractivity (Wildman–Crippen MR) is 56.0 cm³/mol. The van der Waals surface area contributed by atoms with Crippen LogP contribution in [0.4, 0.5) is 0 Å². The van der Waals surface area contributed by atoms with Crippen molar-refractivity contribution in [2.45, 2.75) is 19.8 Å². The lowest BCUT2D eigenvalue weighted by atomic mass is 10.2. The van der Waals surface area contributed by atoms with E-state index in [0.29, 0.717) is 0 Å². The van der Waals surface area contributed by atoms with E-state index >= 15 is 0 Å². The van der Waals surface area contributed by atoms with Gasteiger partial charge in [0, 0.05) is 0 Å². The molecule has 0 aromatic heterocycles. The van der Waals surface area contributed by atoms with E-state index in [-0.39, 0.29) is 0 Å². The van der Waals surface area contributed by atoms with Crippen LogP contribution < -0.4 is 9.47 Å². The molecule has 1 aromatic carbocycles. The van der Waals surface area contributed by atoms with Crippen molar-refractivity contribution in [2.24, 2.45) is 5.92 Å². The maximum absolute atomic E-state index is 5.71. The Morgan fingerprint density at radius 3 is 2.71 bits per heavy atom. The first kappa shape index (κ1) is 9.38. The SMILES string of the molecule is COc1ccc(C)cc1OCC1CC1. The summed E-state index contributed by atoms with van der Waals surface area (Å²) in [7, 11) is 1.68. The minimum absolute atomic E-state index is 0.778. The number of benzene rings is 1. The van der Waals surface area contributed by atoms with Crippen molar-refractivity contribution in [3.05, 3.63) is 23.8 Å². The monoisotopic (exact) mass is 192 g/mol. The summed E-state index contributed by atoms with van der Waals surface area (Å²) < 4.78 is 10.9. The molecule has 0 bridgehead atoms. The highest BCUT2D eigenvalue weighted by Crippen LogP contribution is 2.33. The van der Waals surface area contributed by atoms with Gasteiger partial charge in [-0.2, -0.15) is 0 Å². The lowest BCUT2D eigenvalue weighted by Gasteiger charge is -2.10. The summed E-state index contributed by atoms with van der Waals surface area (Å²) in [6.07, 6.45) is 2.63. The fraction of sp³-hybridized carbons (Fsp3) is 0.500. The van der Waals surface area contributed by atoms with E-state index in [4.69, 9.17) is 9.47 Å². The summed E-state index contributed by atoms with van der Waals surface area (Å²) in [6, 6.07) is 6.02. The average molecular weight is 192 g/mol. The average Bonchev–Trinajstić information content (AvgIpc) is 2.98. The Balaban J connectivity index is 2.07. The molecule has 1 saturated carbocycles. The van der Waals surface area contributed by atoms with Crippen molar-refractivity contribution in [1.82, 2.24) is 0 Å². The van der Waals surface area contributed by atoms with Crippen LogP contribution >= 0.6 is 0 Å². The minimum atomic E-state index is 0.778. The van der Waals surface area contributed by atoms with Gasteiger partial charge in [0.25, 0.3) is 0 Å². The van der Waals surface area contributed by atoms with E-state index in [2.05, 4.69) is 6.92 Å². The van der Waals surface area contributed by atoms with Crippen LogP contribution in [0.5, 0.6) is 11.5 Å². The van der Waals surface area contributed by atoms with Gasteiger partial charge in [0.05, 0.1) is 13.7 Å². The maximum atomic E-state index is 5.71. The van der Waals surface area contributed by atoms with Crippen LogP contribution in [0.2, 0.25) is 0 Å². The Bertz CT molecular complexity index is 316. The molecular weight excluding hydrogens is 176 g/mol. The molecule has 76 valence electrons. The van der Waals surface area contributed by atoms with Gasteiger partial charge < -0.3 is 9.47 Å². The molecule has 2 nitrogen and oxygen atoms in total. The van der Waals surface area contributed by atoms with E-state index in [0.717, 1.165) is 24.0 Å². The van der Waals surface area contributed by atoms with Gasteiger partial charge in [-0.3, -0.25) is 0 Å². The van der Waals surface area contributed by atoms with Crippen LogP contribution in [0.15, 0.2) is 18.2 Å². The highest BCUT2D eigenvalue weighted by atomic mass is 16.5. The molecule has 14 heavy (non-hydrogen) atoms. The quantitative estimate of drug-likeness (QED) is 0.730. The molecule has 0 amide bonds. The van der Waals surface area contributed by atoms with E-state index in [1.807, 2.05) is 18.2 Å². The fourth-order valence-corrected chi connectivity index (χ4v) is 1.39. The van der Waals surface area contributed by atoms with Crippen molar-refractivity contribution in [3.8, 4) is 11.5 Å². The van der Waals surface area contributed by atoms with Crippen LogP contribution in [-0.2, 0) is 0 Å². The summed E-state index contributed by atoms with van der Waals surface area (Å²) in [5.74, 6) is 2.48. The third-order valence-electron chi connectivity index (χ3n) is 2.49. The van der Waals surface area contributed by atoms with E-state index in [1.54, 1.807) is 7.11 Å². The molecule has 0 aliphatic heterocycles. The predicted octanol–water partition coefficient (Wildman–Crippen LogP) is 2.79. The van der Waals surface area contributed by atoms with Gasteiger partial charge in [-0.1, -0.05) is 6.07 Å². The summed E-state index contributed by atoms with van der Waals surface area (Å²) in [5.41, 5.74) is 1.21. The van der Waals surface area contributed by atoms with E-state index < -0.39 is 0 Å². The van der Waals surface area contributed by atoms with Crippen LogP contribution in [0.1, 0.15) is 18.4 Å². The van der Waals surface area contributed by atoms with Gasteiger partial charge in [0.2, 0.25) is 0 Å². The third kappa shape index (κ3) is 2.19. The Labute approximate surface area is 84.8 Å². The number of hydrogen-bond acceptors (Lipinski definition) is 2. The summed E-state index contributed by atoms with van der Waals surface area (Å²) in [4.78, 5) is 0. The van der Waals surface area contributed by atoms with E-state index in [1.165, 1.54) is 18.4 Å². The zero-order valence-electron chi connectivity index (χ0n) is 8.75. The topological polar surface area (TPSA) is 18.5 Å². The minimum Gasteiger partial charge on any atom is -0.493 e. The molecule has 1 aromatic rings. The first-order chi connectivity index (χ1) is 6.79. The first-order valence-corrected chi connectivity index (χ1v) is 5.07. The van der Waals surface area contributed by atoms with Crippen molar-refractivity contribution in [1.29, 1.82) is 0 Å². The van der Waals surface area contributed by atoms with Gasteiger partial charge in [-0.15, -0.1) is 0 Å². The largest absolute Gasteiger partial charge is 0.493 e. The molecule has 0 unspecified atom stereocenters. The zero-order valence-corrected chi connectivity index (χ0v) is 8.75. The molecule has 1 fully saturated rings. The molecule has 1 aliphatic carbocycles. The Morgan fingerprint density at radius 2 is 2.07 bits per heavy atom. The van der Waals surface area contributed by atoms with Crippen LogP contribution in [-0.4, -0.2) is 13.7 Å². The molecule has 1 aliphatic rings. The number of hydrogen-bond donors (Lipinski definition) is 0. The van der Waals surface area contributed by atoms with Crippen molar-refractivity contribution < 1.29 is 9.47 Å². The normalized spacial score (nSPS) is 15.3. The molecule has 0 atom stereocenters. The second kappa shape index (κ2) is 3.91. The molecule has 0 spiro atoms. The standard InChI is InChI=1S/C12H16O2/c1-9-3-6-11(13-2)12(7-9)14-8-10-4-5-10/h3,6-7,10H,4-5,8H2,1-2H3. The molecule has 0 radical (unpaired) electrons. The van der Waals surface area contributed by atoms with Crippen LogP contribution in [0.3, 0.4) is 0 Å². The van der Waals surface area contributed by atoms with Gasteiger partial charge in [0.15, 0.2) is 11.5 Å². The molecule has 0 N–H and O–H groups in total. The molecular formula is C12H16O2. The van der Waals surface area contributed by atoms with Crippen LogP contribution in [0, 0.1) is 12.8 Å². The van der Waals surface area contributed by atoms with Gasteiger partial charge in [-0.05, 0) is 43.4 Å². The highest BCUT2D eigenvalue weighted by molar-refractivity contribution is 5.42. The summed E-state index contributed by atoms with van der Waals surface area (Å²) in [5, 5.41) is 0. The second-order valence-electron chi connectivity index (χ2n) is 3.91. The molecule has 0 saturated heterocycles. The highest BCUT2D eigenvalue weighted by Gasteiger charge is 2.22. The Morgan fingerprint density at radius 1 is 1.29 bits per heavy atom. The van der Waals surface area contributed by atoms with Gasteiger partial charge in [-0.25, -0.2) is 0 Å². The number of methoxy groups -OCH3 is 1. The fourth-order valence-electron chi connectivity index (χ4n) is 1.39. The smallest absolute Gasteiger partial charge is 0.161 e. The first-order valence-electron chi connectivity index (χ1n) is 5.07. The molecule has 2 heteroatoms. The van der Waals surface area contributed by atoms with E-state index in [9.17, 15) is 0 Å². The summed E-state index contributed by atoms with van der Waals surface area (Å²) >= 11 is 0.